The Kier molecular flexibility index (Phi) is 9.93. The Hall–Kier alpha value is -4.10. The Morgan fingerprint density at radius 1 is 0.929 bits per heavy atom. The van der Waals surface area contributed by atoms with Crippen LogP contribution in [-0.2, 0) is 32.2 Å². The van der Waals surface area contributed by atoms with E-state index in [0.717, 1.165) is 27.9 Å². The van der Waals surface area contributed by atoms with Gasteiger partial charge in [-0.15, -0.1) is 5.10 Å². The molecule has 3 atom stereocenters. The van der Waals surface area contributed by atoms with Gasteiger partial charge in [0.1, 0.15) is 0 Å². The van der Waals surface area contributed by atoms with Crippen LogP contribution < -0.4 is 5.32 Å². The van der Waals surface area contributed by atoms with Crippen molar-refractivity contribution in [1.29, 1.82) is 0 Å². The summed E-state index contributed by atoms with van der Waals surface area (Å²) in [6.07, 6.45) is -0.683. The number of aromatic nitrogens is 4. The van der Waals surface area contributed by atoms with E-state index in [0.29, 0.717) is 23.9 Å². The zero-order valence-electron chi connectivity index (χ0n) is 22.7. The van der Waals surface area contributed by atoms with Gasteiger partial charge in [-0.05, 0) is 39.2 Å². The van der Waals surface area contributed by atoms with E-state index in [1.165, 1.54) is 11.8 Å². The molecule has 1 aliphatic rings. The van der Waals surface area contributed by atoms with Gasteiger partial charge in [-0.2, -0.15) is 4.68 Å². The van der Waals surface area contributed by atoms with Gasteiger partial charge in [0, 0.05) is 30.7 Å². The predicted octanol–water partition coefficient (Wildman–Crippen LogP) is 3.97. The van der Waals surface area contributed by atoms with Crippen molar-refractivity contribution in [2.45, 2.75) is 56.1 Å². The van der Waals surface area contributed by atoms with Crippen LogP contribution in [0.4, 0.5) is 0 Å². The molecule has 5 rings (SSSR count). The van der Waals surface area contributed by atoms with Crippen LogP contribution in [0.2, 0.25) is 0 Å². The van der Waals surface area contributed by atoms with Crippen molar-refractivity contribution < 1.29 is 29.3 Å². The standard InChI is InChI=1S/C30H31N5O6S/c36-18-21-8-10-22(11-9-21)26-16-25(19-42-30-32-33-34-35(30)24-4-2-1-3-5-24)40-29(41-26)23-12-6-20(7-13-23)17-31-27(37)14-15-28(38)39/h1-13,25-26,29,36H,14-19H2,(H,31,37)(H,38,39)/t25-,26+,29+/m0/s1. The van der Waals surface area contributed by atoms with Gasteiger partial charge in [-0.25, -0.2) is 0 Å². The van der Waals surface area contributed by atoms with E-state index in [9.17, 15) is 14.7 Å². The topological polar surface area (TPSA) is 149 Å². The molecule has 42 heavy (non-hydrogen) atoms. The van der Waals surface area contributed by atoms with Crippen molar-refractivity contribution in [2.75, 3.05) is 5.75 Å². The maximum absolute atomic E-state index is 11.9. The van der Waals surface area contributed by atoms with Crippen molar-refractivity contribution in [1.82, 2.24) is 25.5 Å². The summed E-state index contributed by atoms with van der Waals surface area (Å²) in [5.74, 6) is -0.719. The molecule has 0 radical (unpaired) electrons. The number of aliphatic hydroxyl groups excluding tert-OH is 1. The Labute approximate surface area is 246 Å². The van der Waals surface area contributed by atoms with Gasteiger partial charge in [0.05, 0.1) is 30.9 Å². The number of hydrogen-bond acceptors (Lipinski definition) is 9. The number of rotatable bonds is 12. The highest BCUT2D eigenvalue weighted by molar-refractivity contribution is 7.99. The van der Waals surface area contributed by atoms with Gasteiger partial charge in [-0.1, -0.05) is 78.5 Å². The molecule has 218 valence electrons. The molecule has 0 saturated carbocycles. The van der Waals surface area contributed by atoms with Crippen molar-refractivity contribution in [3.05, 3.63) is 101 Å². The summed E-state index contributed by atoms with van der Waals surface area (Å²) in [5, 5.41) is 33.8. The van der Waals surface area contributed by atoms with E-state index in [1.54, 1.807) is 4.68 Å². The first-order valence-electron chi connectivity index (χ1n) is 13.5. The third-order valence-electron chi connectivity index (χ3n) is 6.76. The van der Waals surface area contributed by atoms with Crippen LogP contribution in [0.3, 0.4) is 0 Å². The average molecular weight is 590 g/mol. The second-order valence-electron chi connectivity index (χ2n) is 9.78. The van der Waals surface area contributed by atoms with Crippen LogP contribution in [-0.4, -0.2) is 54.2 Å². The van der Waals surface area contributed by atoms with Crippen LogP contribution in [0.15, 0.2) is 84.0 Å². The highest BCUT2D eigenvalue weighted by Crippen LogP contribution is 2.39. The fourth-order valence-corrected chi connectivity index (χ4v) is 5.40. The lowest BCUT2D eigenvalue weighted by Crippen LogP contribution is -2.31. The van der Waals surface area contributed by atoms with E-state index in [4.69, 9.17) is 14.6 Å². The molecule has 12 heteroatoms. The first kappa shape index (κ1) is 29.4. The SMILES string of the molecule is O=C(O)CCC(=O)NCc1ccc([C@@H]2O[C@H](CSc3nnnn3-c3ccccc3)C[C@H](c3ccc(CO)cc3)O2)cc1. The molecule has 3 N–H and O–H groups in total. The lowest BCUT2D eigenvalue weighted by molar-refractivity contribution is -0.245. The van der Waals surface area contributed by atoms with Crippen LogP contribution in [0.5, 0.6) is 0 Å². The summed E-state index contributed by atoms with van der Waals surface area (Å²) < 4.78 is 14.5. The number of para-hydroxylation sites is 1. The van der Waals surface area contributed by atoms with E-state index in [-0.39, 0.29) is 37.6 Å². The van der Waals surface area contributed by atoms with Gasteiger partial charge in [0.15, 0.2) is 6.29 Å². The van der Waals surface area contributed by atoms with Gasteiger partial charge in [-0.3, -0.25) is 9.59 Å². The van der Waals surface area contributed by atoms with E-state index in [1.807, 2.05) is 78.9 Å². The van der Waals surface area contributed by atoms with Crippen molar-refractivity contribution >= 4 is 23.6 Å². The maximum atomic E-state index is 11.9. The normalized spacial score (nSPS) is 18.5. The first-order chi connectivity index (χ1) is 20.5. The summed E-state index contributed by atoms with van der Waals surface area (Å²) >= 11 is 1.51. The van der Waals surface area contributed by atoms with Gasteiger partial charge >= 0.3 is 5.97 Å². The second kappa shape index (κ2) is 14.2. The molecule has 11 nitrogen and oxygen atoms in total. The van der Waals surface area contributed by atoms with E-state index < -0.39 is 12.3 Å². The smallest absolute Gasteiger partial charge is 0.303 e. The van der Waals surface area contributed by atoms with Crippen LogP contribution in [0.25, 0.3) is 5.69 Å². The number of nitrogens with one attached hydrogen (secondary N) is 1. The molecule has 0 aliphatic carbocycles. The minimum atomic E-state index is -1.00. The number of amides is 1. The zero-order valence-corrected chi connectivity index (χ0v) is 23.5. The number of benzene rings is 3. The lowest BCUT2D eigenvalue weighted by atomic mass is 10.0. The number of hydrogen-bond donors (Lipinski definition) is 3. The molecule has 1 saturated heterocycles. The molecular weight excluding hydrogens is 558 g/mol. The number of ether oxygens (including phenoxy) is 2. The quantitative estimate of drug-likeness (QED) is 0.207. The molecule has 4 aromatic rings. The fraction of sp³-hybridized carbons (Fsp3) is 0.300. The largest absolute Gasteiger partial charge is 0.481 e. The fourth-order valence-electron chi connectivity index (χ4n) is 4.49. The zero-order chi connectivity index (χ0) is 29.3. The van der Waals surface area contributed by atoms with Crippen molar-refractivity contribution in [3.8, 4) is 5.69 Å². The van der Waals surface area contributed by atoms with Crippen LogP contribution >= 0.6 is 11.8 Å². The lowest BCUT2D eigenvalue weighted by Gasteiger charge is -2.36. The number of carbonyl (C=O) groups is 2. The second-order valence-corrected chi connectivity index (χ2v) is 10.8. The minimum absolute atomic E-state index is 0.0285. The number of thioether (sulfide) groups is 1. The molecule has 3 aromatic carbocycles. The Bertz CT molecular complexity index is 1470. The monoisotopic (exact) mass is 589 g/mol. The molecule has 1 aliphatic heterocycles. The van der Waals surface area contributed by atoms with Gasteiger partial charge in [0.2, 0.25) is 11.1 Å². The Morgan fingerprint density at radius 3 is 2.36 bits per heavy atom. The molecule has 2 heterocycles. The number of carboxylic acids is 1. The summed E-state index contributed by atoms with van der Waals surface area (Å²) in [4.78, 5) is 22.6. The summed E-state index contributed by atoms with van der Waals surface area (Å²) in [6.45, 7) is 0.264. The van der Waals surface area contributed by atoms with Crippen LogP contribution in [0, 0.1) is 0 Å². The number of aliphatic carboxylic acids is 1. The Morgan fingerprint density at radius 2 is 1.64 bits per heavy atom. The minimum Gasteiger partial charge on any atom is -0.481 e. The van der Waals surface area contributed by atoms with Crippen molar-refractivity contribution in [2.24, 2.45) is 0 Å². The number of carbonyl (C=O) groups excluding carboxylic acids is 1. The molecule has 0 unspecified atom stereocenters. The number of nitrogens with zero attached hydrogens (tertiary/aromatic N) is 4. The summed E-state index contributed by atoms with van der Waals surface area (Å²) in [5.41, 5.74) is 4.39. The highest BCUT2D eigenvalue weighted by Gasteiger charge is 2.32. The number of tetrazole rings is 1. The molecular formula is C30H31N5O6S. The number of aliphatic hydroxyl groups is 1. The Balaban J connectivity index is 1.28. The third-order valence-corrected chi connectivity index (χ3v) is 7.81. The summed E-state index contributed by atoms with van der Waals surface area (Å²) in [7, 11) is 0. The van der Waals surface area contributed by atoms with E-state index in [2.05, 4.69) is 20.8 Å². The molecule has 0 spiro atoms. The van der Waals surface area contributed by atoms with Crippen molar-refractivity contribution in [3.63, 3.8) is 0 Å². The van der Waals surface area contributed by atoms with Gasteiger partial charge < -0.3 is 25.0 Å². The van der Waals surface area contributed by atoms with E-state index >= 15 is 0 Å². The summed E-state index contributed by atoms with van der Waals surface area (Å²) in [6, 6.07) is 25.0. The molecule has 1 aromatic heterocycles. The number of carboxylic acid groups (broad SMARTS) is 1. The first-order valence-corrected chi connectivity index (χ1v) is 14.5. The molecule has 0 bridgehead atoms. The molecule has 1 amide bonds. The predicted molar refractivity (Wildman–Crippen MR) is 153 cm³/mol. The molecule has 1 fully saturated rings. The average Bonchev–Trinajstić information content (AvgIpc) is 3.51. The maximum Gasteiger partial charge on any atom is 0.303 e. The third kappa shape index (κ3) is 7.79. The van der Waals surface area contributed by atoms with Crippen LogP contribution in [0.1, 0.15) is 53.9 Å². The van der Waals surface area contributed by atoms with Gasteiger partial charge in [0.25, 0.3) is 0 Å². The highest BCUT2D eigenvalue weighted by atomic mass is 32.2.